The van der Waals surface area contributed by atoms with Crippen molar-refractivity contribution in [1.82, 2.24) is 0 Å². The predicted molar refractivity (Wildman–Crippen MR) is 44.2 cm³/mol. The minimum Gasteiger partial charge on any atom is -0.185 e. The molecule has 2 rings (SSSR count). The molecule has 1 aliphatic carbocycles. The monoisotopic (exact) mass is 148 g/mol. The largest absolute Gasteiger partial charge is 0.185 e. The Morgan fingerprint density at radius 1 is 1.36 bits per heavy atom. The standard InChI is InChI=1S/C9H12N2/c1-7-3-2-4-8-5-6-10-11-9(7)8/h2-3,5-9H,4H2,1H3. The van der Waals surface area contributed by atoms with Gasteiger partial charge in [-0.05, 0) is 12.3 Å². The zero-order valence-corrected chi connectivity index (χ0v) is 6.64. The van der Waals surface area contributed by atoms with Gasteiger partial charge in [0.2, 0.25) is 0 Å². The highest BCUT2D eigenvalue weighted by molar-refractivity contribution is 5.09. The van der Waals surface area contributed by atoms with E-state index in [-0.39, 0.29) is 0 Å². The molecule has 0 saturated carbocycles. The number of rotatable bonds is 0. The number of allylic oxidation sites excluding steroid dienone is 1. The van der Waals surface area contributed by atoms with Crippen molar-refractivity contribution < 1.29 is 0 Å². The van der Waals surface area contributed by atoms with Gasteiger partial charge >= 0.3 is 0 Å². The van der Waals surface area contributed by atoms with Crippen LogP contribution in [0.15, 0.2) is 34.7 Å². The molecule has 0 aromatic carbocycles. The summed E-state index contributed by atoms with van der Waals surface area (Å²) in [6.07, 6.45) is 9.59. The molecule has 0 radical (unpaired) electrons. The van der Waals surface area contributed by atoms with E-state index in [9.17, 15) is 0 Å². The Labute approximate surface area is 66.7 Å². The molecule has 3 atom stereocenters. The van der Waals surface area contributed by atoms with E-state index in [0.29, 0.717) is 17.9 Å². The van der Waals surface area contributed by atoms with Gasteiger partial charge < -0.3 is 0 Å². The molecule has 2 nitrogen and oxygen atoms in total. The first kappa shape index (κ1) is 6.77. The summed E-state index contributed by atoms with van der Waals surface area (Å²) >= 11 is 0. The third kappa shape index (κ3) is 1.13. The van der Waals surface area contributed by atoms with Gasteiger partial charge in [0.15, 0.2) is 0 Å². The van der Waals surface area contributed by atoms with Crippen molar-refractivity contribution in [3.05, 3.63) is 24.4 Å². The lowest BCUT2D eigenvalue weighted by molar-refractivity contribution is 0.385. The van der Waals surface area contributed by atoms with E-state index >= 15 is 0 Å². The lowest BCUT2D eigenvalue weighted by Gasteiger charge is -2.28. The van der Waals surface area contributed by atoms with Gasteiger partial charge in [0.1, 0.15) is 0 Å². The van der Waals surface area contributed by atoms with E-state index in [1.54, 1.807) is 0 Å². The van der Waals surface area contributed by atoms with Crippen molar-refractivity contribution >= 4 is 0 Å². The van der Waals surface area contributed by atoms with Crippen LogP contribution in [0.25, 0.3) is 0 Å². The molecule has 58 valence electrons. The number of hydrogen-bond donors (Lipinski definition) is 0. The fourth-order valence-electron chi connectivity index (χ4n) is 1.74. The van der Waals surface area contributed by atoms with Gasteiger partial charge in [0.05, 0.1) is 6.04 Å². The maximum atomic E-state index is 4.22. The number of fused-ring (bicyclic) bond motifs is 1. The van der Waals surface area contributed by atoms with E-state index < -0.39 is 0 Å². The summed E-state index contributed by atoms with van der Waals surface area (Å²) in [7, 11) is 0. The lowest BCUT2D eigenvalue weighted by atomic mass is 9.82. The quantitative estimate of drug-likeness (QED) is 0.472. The van der Waals surface area contributed by atoms with E-state index in [2.05, 4.69) is 35.4 Å². The smallest absolute Gasteiger partial charge is 0.0838 e. The number of hydrogen-bond acceptors (Lipinski definition) is 2. The zero-order valence-electron chi connectivity index (χ0n) is 6.64. The third-order valence-corrected chi connectivity index (χ3v) is 2.43. The van der Waals surface area contributed by atoms with Crippen LogP contribution in [0, 0.1) is 11.8 Å². The first-order valence-corrected chi connectivity index (χ1v) is 4.11. The molecule has 11 heavy (non-hydrogen) atoms. The lowest BCUT2D eigenvalue weighted by Crippen LogP contribution is -2.26. The average molecular weight is 148 g/mol. The molecule has 1 heterocycles. The Hall–Kier alpha value is -0.920. The van der Waals surface area contributed by atoms with Crippen LogP contribution in [0.1, 0.15) is 13.3 Å². The third-order valence-electron chi connectivity index (χ3n) is 2.43. The van der Waals surface area contributed by atoms with Crippen molar-refractivity contribution in [2.45, 2.75) is 19.4 Å². The van der Waals surface area contributed by atoms with Crippen LogP contribution in [0.4, 0.5) is 0 Å². The van der Waals surface area contributed by atoms with Crippen molar-refractivity contribution in [2.75, 3.05) is 0 Å². The molecule has 1 aliphatic heterocycles. The minimum atomic E-state index is 0.407. The normalized spacial score (nSPS) is 40.6. The molecule has 2 aliphatic rings. The van der Waals surface area contributed by atoms with Gasteiger partial charge in [-0.25, -0.2) is 0 Å². The fraction of sp³-hybridized carbons (Fsp3) is 0.556. The molecule has 3 unspecified atom stereocenters. The molecular formula is C9H12N2. The van der Waals surface area contributed by atoms with Crippen molar-refractivity contribution in [3.8, 4) is 0 Å². The fourth-order valence-corrected chi connectivity index (χ4v) is 1.74. The maximum Gasteiger partial charge on any atom is 0.0838 e. The molecule has 0 amide bonds. The highest BCUT2D eigenvalue weighted by Crippen LogP contribution is 2.29. The average Bonchev–Trinajstić information content (AvgIpc) is 2.06. The molecule has 0 saturated heterocycles. The van der Waals surface area contributed by atoms with Crippen molar-refractivity contribution in [3.63, 3.8) is 0 Å². The first-order chi connectivity index (χ1) is 5.38. The van der Waals surface area contributed by atoms with Crippen molar-refractivity contribution in [2.24, 2.45) is 22.1 Å². The molecular weight excluding hydrogens is 136 g/mol. The molecule has 0 aromatic heterocycles. The van der Waals surface area contributed by atoms with Gasteiger partial charge in [-0.2, -0.15) is 10.2 Å². The summed E-state index contributed by atoms with van der Waals surface area (Å²) in [5, 5.41) is 8.14. The topological polar surface area (TPSA) is 24.7 Å². The molecule has 0 fully saturated rings. The highest BCUT2D eigenvalue weighted by atomic mass is 15.1. The Balaban J connectivity index is 2.23. The van der Waals surface area contributed by atoms with Crippen LogP contribution in [0.5, 0.6) is 0 Å². The Kier molecular flexibility index (Phi) is 1.60. The van der Waals surface area contributed by atoms with Gasteiger partial charge in [-0.1, -0.05) is 25.2 Å². The Morgan fingerprint density at radius 2 is 2.27 bits per heavy atom. The van der Waals surface area contributed by atoms with Gasteiger partial charge in [0.25, 0.3) is 0 Å². The maximum absolute atomic E-state index is 4.22. The second kappa shape index (κ2) is 2.61. The van der Waals surface area contributed by atoms with Crippen LogP contribution in [-0.2, 0) is 0 Å². The molecule has 2 heteroatoms. The van der Waals surface area contributed by atoms with Crippen LogP contribution >= 0.6 is 0 Å². The number of nitrogens with zero attached hydrogens (tertiary/aromatic N) is 2. The summed E-state index contributed by atoms with van der Waals surface area (Å²) in [5.41, 5.74) is 0. The summed E-state index contributed by atoms with van der Waals surface area (Å²) in [5.74, 6) is 1.16. The summed E-state index contributed by atoms with van der Waals surface area (Å²) in [6, 6.07) is 0.407. The minimum absolute atomic E-state index is 0.407. The predicted octanol–water partition coefficient (Wildman–Crippen LogP) is 2.55. The van der Waals surface area contributed by atoms with Crippen molar-refractivity contribution in [1.29, 1.82) is 0 Å². The first-order valence-electron chi connectivity index (χ1n) is 4.11. The molecule has 0 bridgehead atoms. The molecule has 0 aromatic rings. The summed E-state index contributed by atoms with van der Waals surface area (Å²) < 4.78 is 0. The number of azo groups is 1. The molecule has 0 N–H and O–H groups in total. The van der Waals surface area contributed by atoms with Crippen LogP contribution in [-0.4, -0.2) is 6.04 Å². The second-order valence-electron chi connectivity index (χ2n) is 3.25. The summed E-state index contributed by atoms with van der Waals surface area (Å²) in [4.78, 5) is 0. The van der Waals surface area contributed by atoms with Gasteiger partial charge in [0, 0.05) is 12.1 Å². The second-order valence-corrected chi connectivity index (χ2v) is 3.25. The summed E-state index contributed by atoms with van der Waals surface area (Å²) in [6.45, 7) is 2.20. The highest BCUT2D eigenvalue weighted by Gasteiger charge is 2.26. The Bertz CT molecular complexity index is 228. The van der Waals surface area contributed by atoms with Crippen LogP contribution in [0.2, 0.25) is 0 Å². The van der Waals surface area contributed by atoms with Crippen LogP contribution < -0.4 is 0 Å². The van der Waals surface area contributed by atoms with E-state index in [0.717, 1.165) is 6.42 Å². The van der Waals surface area contributed by atoms with E-state index in [1.165, 1.54) is 0 Å². The Morgan fingerprint density at radius 3 is 3.09 bits per heavy atom. The van der Waals surface area contributed by atoms with Gasteiger partial charge in [-0.15, -0.1) is 0 Å². The van der Waals surface area contributed by atoms with Crippen LogP contribution in [0.3, 0.4) is 0 Å². The SMILES string of the molecule is CC1C=CCC2C=CN=NC12. The van der Waals surface area contributed by atoms with E-state index in [1.807, 2.05) is 6.20 Å². The molecule has 0 spiro atoms. The van der Waals surface area contributed by atoms with Gasteiger partial charge in [-0.3, -0.25) is 0 Å². The zero-order chi connectivity index (χ0) is 7.68. The van der Waals surface area contributed by atoms with E-state index in [4.69, 9.17) is 0 Å².